The lowest BCUT2D eigenvalue weighted by Gasteiger charge is -2.06. The molecule has 0 atom stereocenters. The third kappa shape index (κ3) is 3.45. The molecule has 0 saturated heterocycles. The molecule has 0 aliphatic rings. The van der Waals surface area contributed by atoms with Gasteiger partial charge in [0.1, 0.15) is 0 Å². The first-order chi connectivity index (χ1) is 9.22. The third-order valence-electron chi connectivity index (χ3n) is 2.68. The smallest absolute Gasteiger partial charge is 0.165 e. The average Bonchev–Trinajstić information content (AvgIpc) is 2.85. The standard InChI is InChI=1S/C13H16FN3O2/c1-19-13-3-2-10(6-12(13)14)7-15-11-8-16-17(9-11)4-5-18/h2-3,6,8-9,15,18H,4-5,7H2,1H3. The Kier molecular flexibility index (Phi) is 4.35. The molecule has 0 aliphatic carbocycles. The van der Waals surface area contributed by atoms with Gasteiger partial charge in [-0.25, -0.2) is 4.39 Å². The van der Waals surface area contributed by atoms with Crippen molar-refractivity contribution < 1.29 is 14.2 Å². The van der Waals surface area contributed by atoms with Crippen LogP contribution in [-0.2, 0) is 13.1 Å². The van der Waals surface area contributed by atoms with E-state index in [-0.39, 0.29) is 18.2 Å². The zero-order valence-electron chi connectivity index (χ0n) is 10.6. The molecule has 0 bridgehead atoms. The van der Waals surface area contributed by atoms with Crippen molar-refractivity contribution in [3.63, 3.8) is 0 Å². The van der Waals surface area contributed by atoms with E-state index in [9.17, 15) is 4.39 Å². The van der Waals surface area contributed by atoms with Gasteiger partial charge in [0.2, 0.25) is 0 Å². The van der Waals surface area contributed by atoms with Gasteiger partial charge in [0.05, 0.1) is 32.1 Å². The number of methoxy groups -OCH3 is 1. The van der Waals surface area contributed by atoms with Crippen LogP contribution in [-0.4, -0.2) is 28.6 Å². The maximum atomic E-state index is 13.5. The molecule has 1 heterocycles. The summed E-state index contributed by atoms with van der Waals surface area (Å²) in [7, 11) is 1.44. The minimum Gasteiger partial charge on any atom is -0.494 e. The minimum absolute atomic E-state index is 0.0464. The van der Waals surface area contributed by atoms with Crippen LogP contribution >= 0.6 is 0 Å². The largest absolute Gasteiger partial charge is 0.494 e. The number of aliphatic hydroxyl groups is 1. The first-order valence-electron chi connectivity index (χ1n) is 5.92. The molecule has 0 fully saturated rings. The van der Waals surface area contributed by atoms with Gasteiger partial charge in [-0.2, -0.15) is 5.10 Å². The number of ether oxygens (including phenoxy) is 1. The molecule has 2 N–H and O–H groups in total. The average molecular weight is 265 g/mol. The van der Waals surface area contributed by atoms with Gasteiger partial charge < -0.3 is 15.2 Å². The highest BCUT2D eigenvalue weighted by Gasteiger charge is 2.04. The second kappa shape index (κ2) is 6.19. The summed E-state index contributed by atoms with van der Waals surface area (Å²) in [5.74, 6) is -0.141. The van der Waals surface area contributed by atoms with Crippen LogP contribution in [0.4, 0.5) is 10.1 Å². The molecular weight excluding hydrogens is 249 g/mol. The Bertz CT molecular complexity index is 542. The first-order valence-corrected chi connectivity index (χ1v) is 5.92. The second-order valence-corrected chi connectivity index (χ2v) is 4.04. The van der Waals surface area contributed by atoms with Crippen molar-refractivity contribution in [3.05, 3.63) is 42.0 Å². The van der Waals surface area contributed by atoms with Gasteiger partial charge in [0, 0.05) is 12.7 Å². The van der Waals surface area contributed by atoms with E-state index in [0.717, 1.165) is 11.3 Å². The van der Waals surface area contributed by atoms with Crippen molar-refractivity contribution >= 4 is 5.69 Å². The number of aromatic nitrogens is 2. The Labute approximate surface area is 110 Å². The Morgan fingerprint density at radius 2 is 2.32 bits per heavy atom. The van der Waals surface area contributed by atoms with Crippen molar-refractivity contribution in [2.75, 3.05) is 19.0 Å². The van der Waals surface area contributed by atoms with Gasteiger partial charge in [-0.05, 0) is 17.7 Å². The van der Waals surface area contributed by atoms with Crippen LogP contribution in [0.25, 0.3) is 0 Å². The molecule has 0 spiro atoms. The van der Waals surface area contributed by atoms with Crippen molar-refractivity contribution in [2.24, 2.45) is 0 Å². The number of nitrogens with one attached hydrogen (secondary N) is 1. The number of hydrogen-bond acceptors (Lipinski definition) is 4. The topological polar surface area (TPSA) is 59.3 Å². The molecule has 1 aromatic carbocycles. The van der Waals surface area contributed by atoms with Gasteiger partial charge >= 0.3 is 0 Å². The summed E-state index contributed by atoms with van der Waals surface area (Å²) >= 11 is 0. The molecular formula is C13H16FN3O2. The summed E-state index contributed by atoms with van der Waals surface area (Å²) in [6.07, 6.45) is 3.45. The van der Waals surface area contributed by atoms with Gasteiger partial charge in [-0.15, -0.1) is 0 Å². The predicted molar refractivity (Wildman–Crippen MR) is 69.6 cm³/mol. The molecule has 102 valence electrons. The van der Waals surface area contributed by atoms with Gasteiger partial charge in [0.25, 0.3) is 0 Å². The van der Waals surface area contributed by atoms with Crippen molar-refractivity contribution in [2.45, 2.75) is 13.1 Å². The SMILES string of the molecule is COc1ccc(CNc2cnn(CCO)c2)cc1F. The first kappa shape index (κ1) is 13.4. The van der Waals surface area contributed by atoms with Crippen LogP contribution in [0.2, 0.25) is 0 Å². The highest BCUT2D eigenvalue weighted by atomic mass is 19.1. The van der Waals surface area contributed by atoms with E-state index in [1.54, 1.807) is 29.2 Å². The van der Waals surface area contributed by atoms with Crippen LogP contribution in [0.3, 0.4) is 0 Å². The van der Waals surface area contributed by atoms with Crippen LogP contribution in [0, 0.1) is 5.82 Å². The lowest BCUT2D eigenvalue weighted by molar-refractivity contribution is 0.269. The normalized spacial score (nSPS) is 10.5. The summed E-state index contributed by atoms with van der Waals surface area (Å²) in [5.41, 5.74) is 1.64. The van der Waals surface area contributed by atoms with Crippen molar-refractivity contribution in [1.29, 1.82) is 0 Å². The van der Waals surface area contributed by atoms with Crippen molar-refractivity contribution in [1.82, 2.24) is 9.78 Å². The molecule has 0 saturated carbocycles. The number of rotatable bonds is 6. The van der Waals surface area contributed by atoms with E-state index >= 15 is 0 Å². The van der Waals surface area contributed by atoms with Gasteiger partial charge in [0.15, 0.2) is 11.6 Å². The molecule has 2 aromatic rings. The number of anilines is 1. The second-order valence-electron chi connectivity index (χ2n) is 4.04. The van der Waals surface area contributed by atoms with Crippen LogP contribution in [0.15, 0.2) is 30.6 Å². The third-order valence-corrected chi connectivity index (χ3v) is 2.68. The van der Waals surface area contributed by atoms with Crippen LogP contribution in [0.1, 0.15) is 5.56 Å². The maximum Gasteiger partial charge on any atom is 0.165 e. The molecule has 0 unspecified atom stereocenters. The summed E-state index contributed by atoms with van der Waals surface area (Å²) in [6.45, 7) is 0.995. The zero-order chi connectivity index (χ0) is 13.7. The van der Waals surface area contributed by atoms with E-state index in [0.29, 0.717) is 13.1 Å². The highest BCUT2D eigenvalue weighted by molar-refractivity contribution is 5.40. The number of aliphatic hydroxyl groups excluding tert-OH is 1. The van der Waals surface area contributed by atoms with E-state index in [1.807, 2.05) is 0 Å². The molecule has 6 heteroatoms. The highest BCUT2D eigenvalue weighted by Crippen LogP contribution is 2.18. The number of nitrogens with zero attached hydrogens (tertiary/aromatic N) is 2. The fraction of sp³-hybridized carbons (Fsp3) is 0.308. The lowest BCUT2D eigenvalue weighted by atomic mass is 10.2. The quantitative estimate of drug-likeness (QED) is 0.833. The number of hydrogen-bond donors (Lipinski definition) is 2. The van der Waals surface area contributed by atoms with Crippen LogP contribution in [0.5, 0.6) is 5.75 Å². The van der Waals surface area contributed by atoms with E-state index < -0.39 is 0 Å². The molecule has 0 radical (unpaired) electrons. The zero-order valence-corrected chi connectivity index (χ0v) is 10.6. The Morgan fingerprint density at radius 1 is 1.47 bits per heavy atom. The number of halogens is 1. The molecule has 0 amide bonds. The van der Waals surface area contributed by atoms with E-state index in [4.69, 9.17) is 9.84 Å². The summed E-state index contributed by atoms with van der Waals surface area (Å²) in [4.78, 5) is 0. The monoisotopic (exact) mass is 265 g/mol. The number of benzene rings is 1. The lowest BCUT2D eigenvalue weighted by Crippen LogP contribution is -2.02. The fourth-order valence-electron chi connectivity index (χ4n) is 1.70. The predicted octanol–water partition coefficient (Wildman–Crippen LogP) is 1.64. The fourth-order valence-corrected chi connectivity index (χ4v) is 1.70. The Morgan fingerprint density at radius 3 is 3.00 bits per heavy atom. The summed E-state index contributed by atoms with van der Waals surface area (Å²) in [6, 6.07) is 4.83. The molecule has 1 aromatic heterocycles. The molecule has 0 aliphatic heterocycles. The van der Waals surface area contributed by atoms with Crippen molar-refractivity contribution in [3.8, 4) is 5.75 Å². The summed E-state index contributed by atoms with van der Waals surface area (Å²) < 4.78 is 20.0. The van der Waals surface area contributed by atoms with Gasteiger partial charge in [-0.3, -0.25) is 4.68 Å². The Balaban J connectivity index is 1.95. The van der Waals surface area contributed by atoms with Gasteiger partial charge in [-0.1, -0.05) is 6.07 Å². The maximum absolute atomic E-state index is 13.5. The molecule has 19 heavy (non-hydrogen) atoms. The summed E-state index contributed by atoms with van der Waals surface area (Å²) in [5, 5.41) is 16.0. The van der Waals surface area contributed by atoms with E-state index in [1.165, 1.54) is 13.2 Å². The minimum atomic E-state index is -0.377. The Hall–Kier alpha value is -2.08. The molecule has 2 rings (SSSR count). The molecule has 5 nitrogen and oxygen atoms in total. The van der Waals surface area contributed by atoms with E-state index in [2.05, 4.69) is 10.4 Å². The van der Waals surface area contributed by atoms with Crippen LogP contribution < -0.4 is 10.1 Å².